The van der Waals surface area contributed by atoms with E-state index < -0.39 is 0 Å². The third kappa shape index (κ3) is 4.15. The maximum absolute atomic E-state index is 13.3. The first-order valence-corrected chi connectivity index (χ1v) is 11.3. The first-order valence-electron chi connectivity index (χ1n) is 10.5. The number of carbonyl (C=O) groups excluding carboxylic acids is 1. The zero-order valence-electron chi connectivity index (χ0n) is 18.4. The summed E-state index contributed by atoms with van der Waals surface area (Å²) >= 11 is 3.39. The van der Waals surface area contributed by atoms with Crippen molar-refractivity contribution in [1.82, 2.24) is 9.13 Å². The second-order valence-electron chi connectivity index (χ2n) is 9.00. The molecule has 0 saturated carbocycles. The summed E-state index contributed by atoms with van der Waals surface area (Å²) in [6.07, 6.45) is 0. The predicted molar refractivity (Wildman–Crippen MR) is 130 cm³/mol. The first kappa shape index (κ1) is 22.1. The molecule has 0 atom stereocenters. The van der Waals surface area contributed by atoms with Crippen molar-refractivity contribution < 1.29 is 9.90 Å². The number of aromatic nitrogens is 2. The van der Waals surface area contributed by atoms with Gasteiger partial charge in [0.25, 0.3) is 0 Å². The first-order chi connectivity index (χ1) is 15.2. The van der Waals surface area contributed by atoms with Gasteiger partial charge in [-0.25, -0.2) is 0 Å². The Bertz CT molecular complexity index is 1360. The topological polar surface area (TPSA) is 71.0 Å². The van der Waals surface area contributed by atoms with Crippen LogP contribution in [0.5, 0.6) is 5.75 Å². The van der Waals surface area contributed by atoms with E-state index >= 15 is 0 Å². The van der Waals surface area contributed by atoms with Gasteiger partial charge in [-0.1, -0.05) is 63.2 Å². The molecule has 1 heterocycles. The number of aromatic hydroxyl groups is 1. The number of Topliss-reactive ketones (excluding diaryl/α,β-unsaturated/α-hetero) is 1. The molecule has 164 valence electrons. The summed E-state index contributed by atoms with van der Waals surface area (Å²) in [5.41, 5.74) is 4.02. The zero-order valence-corrected chi connectivity index (χ0v) is 20.0. The van der Waals surface area contributed by atoms with Crippen molar-refractivity contribution in [2.24, 2.45) is 0 Å². The minimum atomic E-state index is -0.317. The van der Waals surface area contributed by atoms with Crippen LogP contribution in [-0.2, 0) is 18.5 Å². The molecule has 0 saturated heterocycles. The lowest BCUT2D eigenvalue weighted by atomic mass is 9.85. The second-order valence-corrected chi connectivity index (χ2v) is 9.85. The summed E-state index contributed by atoms with van der Waals surface area (Å²) in [4.78, 5) is 13.3. The van der Waals surface area contributed by atoms with E-state index in [4.69, 9.17) is 5.41 Å². The molecule has 0 aliphatic carbocycles. The fraction of sp³-hybridized carbons (Fsp3) is 0.231. The summed E-state index contributed by atoms with van der Waals surface area (Å²) in [6, 6.07) is 21.2. The summed E-state index contributed by atoms with van der Waals surface area (Å²) in [5.74, 6) is 0.0414. The number of phenolic OH excluding ortho intramolecular Hbond substituents is 1. The standard InChI is InChI=1S/C26H26BrN3O2/c1-26(2,3)19-13-18(14-20(27)24(19)32)23(31)16-30-22-12-8-7-11-21(22)29(25(30)28)15-17-9-5-4-6-10-17/h4-14,28,32H,15-16H2,1-3H3. The molecule has 5 nitrogen and oxygen atoms in total. The van der Waals surface area contributed by atoms with Gasteiger partial charge in [0, 0.05) is 11.1 Å². The van der Waals surface area contributed by atoms with Crippen LogP contribution in [0.25, 0.3) is 11.0 Å². The van der Waals surface area contributed by atoms with Gasteiger partial charge in [-0.3, -0.25) is 10.2 Å². The number of nitrogens with zero attached hydrogens (tertiary/aromatic N) is 2. The lowest BCUT2D eigenvalue weighted by Crippen LogP contribution is -2.28. The van der Waals surface area contributed by atoms with E-state index in [2.05, 4.69) is 15.9 Å². The van der Waals surface area contributed by atoms with Crippen LogP contribution in [0.15, 0.2) is 71.2 Å². The average Bonchev–Trinajstić information content (AvgIpc) is 3.01. The highest BCUT2D eigenvalue weighted by atomic mass is 79.9. The van der Waals surface area contributed by atoms with Gasteiger partial charge in [0.2, 0.25) is 5.62 Å². The number of para-hydroxylation sites is 2. The Labute approximate surface area is 195 Å². The Morgan fingerprint density at radius 2 is 1.56 bits per heavy atom. The van der Waals surface area contributed by atoms with Crippen LogP contribution in [0.4, 0.5) is 0 Å². The van der Waals surface area contributed by atoms with E-state index in [9.17, 15) is 9.90 Å². The van der Waals surface area contributed by atoms with Crippen molar-refractivity contribution in [2.75, 3.05) is 0 Å². The molecular formula is C26H26BrN3O2. The molecule has 0 aliphatic heterocycles. The van der Waals surface area contributed by atoms with E-state index in [1.54, 1.807) is 16.7 Å². The summed E-state index contributed by atoms with van der Waals surface area (Å²) < 4.78 is 4.17. The molecular weight excluding hydrogens is 466 g/mol. The lowest BCUT2D eigenvalue weighted by Gasteiger charge is -2.22. The van der Waals surface area contributed by atoms with Crippen LogP contribution in [0.3, 0.4) is 0 Å². The lowest BCUT2D eigenvalue weighted by molar-refractivity contribution is 0.0971. The largest absolute Gasteiger partial charge is 0.506 e. The van der Waals surface area contributed by atoms with Gasteiger partial charge in [-0.2, -0.15) is 0 Å². The van der Waals surface area contributed by atoms with Crippen molar-refractivity contribution in [2.45, 2.75) is 39.3 Å². The molecule has 32 heavy (non-hydrogen) atoms. The molecule has 1 aromatic heterocycles. The number of benzene rings is 3. The normalized spacial score (nSPS) is 11.8. The monoisotopic (exact) mass is 491 g/mol. The van der Waals surface area contributed by atoms with Crippen LogP contribution >= 0.6 is 15.9 Å². The summed E-state index contributed by atoms with van der Waals surface area (Å²) in [5, 5.41) is 19.3. The number of imidazole rings is 1. The fourth-order valence-corrected chi connectivity index (χ4v) is 4.41. The number of hydrogen-bond acceptors (Lipinski definition) is 3. The minimum Gasteiger partial charge on any atom is -0.506 e. The van der Waals surface area contributed by atoms with E-state index in [1.165, 1.54) is 0 Å². The molecule has 6 heteroatoms. The molecule has 3 aromatic carbocycles. The van der Waals surface area contributed by atoms with Crippen molar-refractivity contribution >= 4 is 32.7 Å². The zero-order chi connectivity index (χ0) is 23.0. The van der Waals surface area contributed by atoms with Crippen LogP contribution in [0.1, 0.15) is 42.3 Å². The van der Waals surface area contributed by atoms with Crippen molar-refractivity contribution in [1.29, 1.82) is 5.41 Å². The quantitative estimate of drug-likeness (QED) is 0.355. The van der Waals surface area contributed by atoms with Gasteiger partial charge in [-0.05, 0) is 51.2 Å². The maximum atomic E-state index is 13.3. The van der Waals surface area contributed by atoms with Crippen molar-refractivity contribution in [3.05, 3.63) is 93.5 Å². The van der Waals surface area contributed by atoms with Gasteiger partial charge < -0.3 is 14.2 Å². The minimum absolute atomic E-state index is 0.0436. The fourth-order valence-electron chi connectivity index (χ4n) is 3.95. The van der Waals surface area contributed by atoms with Gasteiger partial charge in [-0.15, -0.1) is 0 Å². The number of rotatable bonds is 5. The van der Waals surface area contributed by atoms with Crippen LogP contribution in [0.2, 0.25) is 0 Å². The number of hydrogen-bond donors (Lipinski definition) is 2. The molecule has 4 aromatic rings. The summed E-state index contributed by atoms with van der Waals surface area (Å²) in [7, 11) is 0. The number of fused-ring (bicyclic) bond motifs is 1. The number of halogens is 1. The Balaban J connectivity index is 1.76. The molecule has 0 radical (unpaired) electrons. The molecule has 0 fully saturated rings. The van der Waals surface area contributed by atoms with Crippen molar-refractivity contribution in [3.8, 4) is 5.75 Å². The third-order valence-corrected chi connectivity index (χ3v) is 6.26. The van der Waals surface area contributed by atoms with Gasteiger partial charge in [0.1, 0.15) is 5.75 Å². The number of nitrogens with one attached hydrogen (secondary N) is 1. The van der Waals surface area contributed by atoms with E-state index in [0.717, 1.165) is 16.6 Å². The molecule has 0 aliphatic rings. The highest BCUT2D eigenvalue weighted by Gasteiger charge is 2.23. The smallest absolute Gasteiger partial charge is 0.203 e. The molecule has 0 spiro atoms. The van der Waals surface area contributed by atoms with Crippen LogP contribution in [0, 0.1) is 5.41 Å². The van der Waals surface area contributed by atoms with Crippen LogP contribution < -0.4 is 5.62 Å². The molecule has 4 rings (SSSR count). The van der Waals surface area contributed by atoms with E-state index in [0.29, 0.717) is 22.1 Å². The highest BCUT2D eigenvalue weighted by Crippen LogP contribution is 2.37. The summed E-state index contributed by atoms with van der Waals surface area (Å²) in [6.45, 7) is 6.59. The number of ketones is 1. The number of phenols is 1. The average molecular weight is 492 g/mol. The maximum Gasteiger partial charge on any atom is 0.203 e. The van der Waals surface area contributed by atoms with Crippen molar-refractivity contribution in [3.63, 3.8) is 0 Å². The van der Waals surface area contributed by atoms with E-state index in [-0.39, 0.29) is 29.1 Å². The van der Waals surface area contributed by atoms with Gasteiger partial charge in [0.15, 0.2) is 5.78 Å². The Kier molecular flexibility index (Phi) is 5.82. The second kappa shape index (κ2) is 8.43. The Morgan fingerprint density at radius 1 is 0.969 bits per heavy atom. The third-order valence-electron chi connectivity index (χ3n) is 5.65. The SMILES string of the molecule is CC(C)(C)c1cc(C(=O)Cn2c(=N)n(Cc3ccccc3)c3ccccc32)cc(Br)c1O. The highest BCUT2D eigenvalue weighted by molar-refractivity contribution is 9.10. The Hall–Kier alpha value is -3.12. The van der Waals surface area contributed by atoms with Gasteiger partial charge >= 0.3 is 0 Å². The molecule has 0 unspecified atom stereocenters. The Morgan fingerprint density at radius 3 is 2.19 bits per heavy atom. The number of carbonyl (C=O) groups is 1. The molecule has 2 N–H and O–H groups in total. The molecule has 0 bridgehead atoms. The molecule has 0 amide bonds. The van der Waals surface area contributed by atoms with Crippen LogP contribution in [-0.4, -0.2) is 20.0 Å². The van der Waals surface area contributed by atoms with E-state index in [1.807, 2.05) is 79.9 Å². The predicted octanol–water partition coefficient (Wildman–Crippen LogP) is 5.62. The van der Waals surface area contributed by atoms with Gasteiger partial charge in [0.05, 0.1) is 28.6 Å².